The van der Waals surface area contributed by atoms with Gasteiger partial charge in [0.15, 0.2) is 0 Å². The molecule has 3 heteroatoms. The molecule has 1 N–H and O–H groups in total. The van der Waals surface area contributed by atoms with Crippen LogP contribution in [0, 0.1) is 0 Å². The largest absolute Gasteiger partial charge is 0.449 e. The van der Waals surface area contributed by atoms with Crippen LogP contribution in [-0.4, -0.2) is 18.7 Å². The molecule has 1 amide bonds. The van der Waals surface area contributed by atoms with Gasteiger partial charge in [-0.2, -0.15) is 0 Å². The molecule has 0 saturated heterocycles. The second kappa shape index (κ2) is 6.23. The van der Waals surface area contributed by atoms with E-state index in [1.165, 1.54) is 16.3 Å². The lowest BCUT2D eigenvalue weighted by molar-refractivity contribution is 0.145. The van der Waals surface area contributed by atoms with E-state index in [0.717, 1.165) is 6.42 Å². The molecule has 0 radical (unpaired) electrons. The standard InChI is InChI=1S/C16H19NO2/c1-12(2)17-16(18)19-11-10-14-8-5-7-13-6-3-4-9-15(13)14/h3-9,12H,10-11H2,1-2H3,(H,17,18). The Morgan fingerprint density at radius 3 is 2.68 bits per heavy atom. The Morgan fingerprint density at radius 1 is 1.16 bits per heavy atom. The Bertz CT molecular complexity index is 558. The van der Waals surface area contributed by atoms with Crippen molar-refractivity contribution >= 4 is 16.9 Å². The van der Waals surface area contributed by atoms with Crippen LogP contribution in [0.4, 0.5) is 4.79 Å². The number of alkyl carbamates (subject to hydrolysis) is 1. The summed E-state index contributed by atoms with van der Waals surface area (Å²) >= 11 is 0. The SMILES string of the molecule is CC(C)NC(=O)OCCc1cccc2ccccc12. The molecule has 0 aliphatic rings. The second-order valence-corrected chi connectivity index (χ2v) is 4.82. The molecule has 2 rings (SSSR count). The second-order valence-electron chi connectivity index (χ2n) is 4.82. The summed E-state index contributed by atoms with van der Waals surface area (Å²) < 4.78 is 5.16. The highest BCUT2D eigenvalue weighted by molar-refractivity contribution is 5.85. The Hall–Kier alpha value is -2.03. The summed E-state index contributed by atoms with van der Waals surface area (Å²) in [5.74, 6) is 0. The van der Waals surface area contributed by atoms with Gasteiger partial charge in [-0.05, 0) is 30.2 Å². The van der Waals surface area contributed by atoms with E-state index in [9.17, 15) is 4.79 Å². The van der Waals surface area contributed by atoms with Gasteiger partial charge in [-0.25, -0.2) is 4.79 Å². The minimum absolute atomic E-state index is 0.102. The lowest BCUT2D eigenvalue weighted by atomic mass is 10.0. The third-order valence-corrected chi connectivity index (χ3v) is 2.89. The van der Waals surface area contributed by atoms with E-state index < -0.39 is 0 Å². The van der Waals surface area contributed by atoms with E-state index >= 15 is 0 Å². The van der Waals surface area contributed by atoms with Crippen LogP contribution in [0.25, 0.3) is 10.8 Å². The molecule has 0 atom stereocenters. The van der Waals surface area contributed by atoms with Gasteiger partial charge in [-0.15, -0.1) is 0 Å². The highest BCUT2D eigenvalue weighted by atomic mass is 16.5. The molecule has 0 aromatic heterocycles. The van der Waals surface area contributed by atoms with Gasteiger partial charge in [0.1, 0.15) is 0 Å². The van der Waals surface area contributed by atoms with Crippen LogP contribution in [0.3, 0.4) is 0 Å². The molecule has 0 aliphatic carbocycles. The van der Waals surface area contributed by atoms with Gasteiger partial charge in [0.2, 0.25) is 0 Å². The van der Waals surface area contributed by atoms with E-state index in [2.05, 4.69) is 29.6 Å². The minimum Gasteiger partial charge on any atom is -0.449 e. The number of hydrogen-bond acceptors (Lipinski definition) is 2. The molecule has 0 fully saturated rings. The number of carbonyl (C=O) groups excluding carboxylic acids is 1. The maximum absolute atomic E-state index is 11.4. The quantitative estimate of drug-likeness (QED) is 0.910. The van der Waals surface area contributed by atoms with Crippen molar-refractivity contribution in [3.05, 3.63) is 48.0 Å². The zero-order valence-electron chi connectivity index (χ0n) is 11.3. The first-order valence-corrected chi connectivity index (χ1v) is 6.57. The van der Waals surface area contributed by atoms with Crippen molar-refractivity contribution in [3.8, 4) is 0 Å². The molecule has 19 heavy (non-hydrogen) atoms. The Balaban J connectivity index is 1.97. The van der Waals surface area contributed by atoms with Gasteiger partial charge in [0.25, 0.3) is 0 Å². The summed E-state index contributed by atoms with van der Waals surface area (Å²) in [5.41, 5.74) is 1.20. The van der Waals surface area contributed by atoms with Crippen LogP contribution in [-0.2, 0) is 11.2 Å². The van der Waals surface area contributed by atoms with Crippen molar-refractivity contribution in [2.24, 2.45) is 0 Å². The van der Waals surface area contributed by atoms with E-state index in [4.69, 9.17) is 4.74 Å². The molecular weight excluding hydrogens is 238 g/mol. The van der Waals surface area contributed by atoms with Crippen LogP contribution in [0.1, 0.15) is 19.4 Å². The first-order chi connectivity index (χ1) is 9.16. The number of fused-ring (bicyclic) bond motifs is 1. The van der Waals surface area contributed by atoms with Crippen LogP contribution in [0.2, 0.25) is 0 Å². The topological polar surface area (TPSA) is 38.3 Å². The van der Waals surface area contributed by atoms with Crippen LogP contribution in [0.15, 0.2) is 42.5 Å². The molecule has 2 aromatic rings. The Morgan fingerprint density at radius 2 is 1.89 bits per heavy atom. The number of amides is 1. The summed E-state index contributed by atoms with van der Waals surface area (Å²) in [6, 6.07) is 14.5. The Kier molecular flexibility index (Phi) is 4.39. The molecular formula is C16H19NO2. The van der Waals surface area contributed by atoms with Gasteiger partial charge < -0.3 is 10.1 Å². The average molecular weight is 257 g/mol. The van der Waals surface area contributed by atoms with Crippen molar-refractivity contribution in [2.45, 2.75) is 26.3 Å². The number of nitrogens with one attached hydrogen (secondary N) is 1. The predicted octanol–water partition coefficient (Wildman–Crippen LogP) is 3.52. The van der Waals surface area contributed by atoms with E-state index in [0.29, 0.717) is 6.61 Å². The first kappa shape index (κ1) is 13.4. The van der Waals surface area contributed by atoms with Crippen molar-refractivity contribution in [3.63, 3.8) is 0 Å². The fourth-order valence-corrected chi connectivity index (χ4v) is 2.04. The molecule has 0 aliphatic heterocycles. The normalized spacial score (nSPS) is 10.7. The van der Waals surface area contributed by atoms with E-state index in [-0.39, 0.29) is 12.1 Å². The molecule has 0 spiro atoms. The number of ether oxygens (including phenoxy) is 1. The Labute approximate surface area is 113 Å². The zero-order chi connectivity index (χ0) is 13.7. The van der Waals surface area contributed by atoms with Gasteiger partial charge in [-0.3, -0.25) is 0 Å². The van der Waals surface area contributed by atoms with E-state index in [1.807, 2.05) is 32.0 Å². The van der Waals surface area contributed by atoms with Crippen LogP contribution >= 0.6 is 0 Å². The molecule has 0 unspecified atom stereocenters. The summed E-state index contributed by atoms with van der Waals surface area (Å²) in [5, 5.41) is 5.14. The smallest absolute Gasteiger partial charge is 0.407 e. The maximum Gasteiger partial charge on any atom is 0.407 e. The number of carbonyl (C=O) groups is 1. The molecule has 2 aromatic carbocycles. The van der Waals surface area contributed by atoms with Crippen molar-refractivity contribution in [1.29, 1.82) is 0 Å². The fourth-order valence-electron chi connectivity index (χ4n) is 2.04. The molecule has 0 bridgehead atoms. The average Bonchev–Trinajstić information content (AvgIpc) is 2.38. The summed E-state index contributed by atoms with van der Waals surface area (Å²) in [6.07, 6.45) is 0.377. The summed E-state index contributed by atoms with van der Waals surface area (Å²) in [4.78, 5) is 11.4. The van der Waals surface area contributed by atoms with Gasteiger partial charge >= 0.3 is 6.09 Å². The van der Waals surface area contributed by atoms with Crippen molar-refractivity contribution in [1.82, 2.24) is 5.32 Å². The maximum atomic E-state index is 11.4. The van der Waals surface area contributed by atoms with E-state index in [1.54, 1.807) is 0 Å². The summed E-state index contributed by atoms with van der Waals surface area (Å²) in [6.45, 7) is 4.21. The highest BCUT2D eigenvalue weighted by Gasteiger charge is 2.05. The number of rotatable bonds is 4. The third kappa shape index (κ3) is 3.71. The highest BCUT2D eigenvalue weighted by Crippen LogP contribution is 2.18. The molecule has 0 saturated carbocycles. The zero-order valence-corrected chi connectivity index (χ0v) is 11.3. The van der Waals surface area contributed by atoms with Gasteiger partial charge in [-0.1, -0.05) is 42.5 Å². The minimum atomic E-state index is -0.352. The van der Waals surface area contributed by atoms with Gasteiger partial charge in [0.05, 0.1) is 6.61 Å². The lowest BCUT2D eigenvalue weighted by Gasteiger charge is -2.10. The van der Waals surface area contributed by atoms with Crippen LogP contribution < -0.4 is 5.32 Å². The monoisotopic (exact) mass is 257 g/mol. The third-order valence-electron chi connectivity index (χ3n) is 2.89. The molecule has 3 nitrogen and oxygen atoms in total. The lowest BCUT2D eigenvalue weighted by Crippen LogP contribution is -2.31. The molecule has 100 valence electrons. The first-order valence-electron chi connectivity index (χ1n) is 6.57. The predicted molar refractivity (Wildman–Crippen MR) is 77.3 cm³/mol. The van der Waals surface area contributed by atoms with Crippen molar-refractivity contribution < 1.29 is 9.53 Å². The number of hydrogen-bond donors (Lipinski definition) is 1. The summed E-state index contributed by atoms with van der Waals surface area (Å²) in [7, 11) is 0. The molecule has 0 heterocycles. The van der Waals surface area contributed by atoms with Crippen molar-refractivity contribution in [2.75, 3.05) is 6.61 Å². The van der Waals surface area contributed by atoms with Gasteiger partial charge in [0, 0.05) is 12.5 Å². The fraction of sp³-hybridized carbons (Fsp3) is 0.312. The number of benzene rings is 2. The van der Waals surface area contributed by atoms with Crippen LogP contribution in [0.5, 0.6) is 0 Å².